The van der Waals surface area contributed by atoms with Crippen molar-refractivity contribution in [3.8, 4) is 17.2 Å². The summed E-state index contributed by atoms with van der Waals surface area (Å²) >= 11 is 0. The Morgan fingerprint density at radius 3 is 2.60 bits per heavy atom. The number of hydrogen-bond donors (Lipinski definition) is 1. The average Bonchev–Trinajstić information content (AvgIpc) is 3.21. The van der Waals surface area contributed by atoms with E-state index in [0.29, 0.717) is 34.3 Å². The number of ether oxygens (including phenoxy) is 1. The van der Waals surface area contributed by atoms with E-state index in [2.05, 4.69) is 29.1 Å². The molecule has 6 heteroatoms. The Kier molecular flexibility index (Phi) is 5.75. The molecule has 0 saturated carbocycles. The van der Waals surface area contributed by atoms with Crippen molar-refractivity contribution in [3.05, 3.63) is 72.6 Å². The molecule has 4 aromatic rings. The number of aromatic nitrogens is 2. The summed E-state index contributed by atoms with van der Waals surface area (Å²) in [6.07, 6.45) is 4.46. The van der Waals surface area contributed by atoms with Gasteiger partial charge in [0.05, 0.1) is 0 Å². The van der Waals surface area contributed by atoms with Gasteiger partial charge < -0.3 is 14.5 Å². The maximum atomic E-state index is 12.3. The van der Waals surface area contributed by atoms with Crippen molar-refractivity contribution in [2.45, 2.75) is 26.2 Å². The van der Waals surface area contributed by atoms with E-state index in [9.17, 15) is 4.79 Å². The van der Waals surface area contributed by atoms with Crippen LogP contribution < -0.4 is 10.1 Å². The van der Waals surface area contributed by atoms with Gasteiger partial charge >= 0.3 is 0 Å². The molecule has 0 spiro atoms. The first-order valence-corrected chi connectivity index (χ1v) is 9.96. The Labute approximate surface area is 174 Å². The van der Waals surface area contributed by atoms with Crippen LogP contribution in [0.4, 0.5) is 5.69 Å². The zero-order valence-electron chi connectivity index (χ0n) is 17.0. The Morgan fingerprint density at radius 2 is 1.87 bits per heavy atom. The molecule has 1 N–H and O–H groups in total. The first-order chi connectivity index (χ1) is 14.6. The summed E-state index contributed by atoms with van der Waals surface area (Å²) in [5.74, 6) is 1.46. The summed E-state index contributed by atoms with van der Waals surface area (Å²) in [7, 11) is 0. The highest BCUT2D eigenvalue weighted by atomic mass is 16.5. The van der Waals surface area contributed by atoms with Gasteiger partial charge in [0.2, 0.25) is 5.89 Å². The lowest BCUT2D eigenvalue weighted by atomic mass is 9.99. The second-order valence-corrected chi connectivity index (χ2v) is 7.15. The van der Waals surface area contributed by atoms with Crippen molar-refractivity contribution in [3.63, 3.8) is 0 Å². The van der Waals surface area contributed by atoms with E-state index in [4.69, 9.17) is 9.15 Å². The Morgan fingerprint density at radius 1 is 1.10 bits per heavy atom. The SMILES string of the molecule is CC[C@H](C)c1ccc(OCC(=O)Nc2ccc3oc(-c4ccncc4)nc3c2)cc1. The summed E-state index contributed by atoms with van der Waals surface area (Å²) in [5.41, 5.74) is 4.07. The van der Waals surface area contributed by atoms with Gasteiger partial charge in [-0.25, -0.2) is 4.98 Å². The first kappa shape index (κ1) is 19.6. The van der Waals surface area contributed by atoms with Crippen LogP contribution in [0.15, 0.2) is 71.4 Å². The summed E-state index contributed by atoms with van der Waals surface area (Å²) < 4.78 is 11.4. The quantitative estimate of drug-likeness (QED) is 0.447. The zero-order chi connectivity index (χ0) is 20.9. The molecule has 0 saturated heterocycles. The number of anilines is 1. The molecule has 6 nitrogen and oxygen atoms in total. The van der Waals surface area contributed by atoms with Gasteiger partial charge in [0.15, 0.2) is 12.2 Å². The first-order valence-electron chi connectivity index (χ1n) is 9.96. The predicted octanol–water partition coefficient (Wildman–Crippen LogP) is 5.42. The van der Waals surface area contributed by atoms with Crippen molar-refractivity contribution in [2.75, 3.05) is 11.9 Å². The summed E-state index contributed by atoms with van der Waals surface area (Å²) in [6.45, 7) is 4.28. The van der Waals surface area contributed by atoms with Crippen molar-refractivity contribution in [1.29, 1.82) is 0 Å². The zero-order valence-corrected chi connectivity index (χ0v) is 17.0. The van der Waals surface area contributed by atoms with Crippen molar-refractivity contribution in [1.82, 2.24) is 9.97 Å². The molecule has 0 aliphatic heterocycles. The molecule has 0 unspecified atom stereocenters. The Bertz CT molecular complexity index is 1140. The van der Waals surface area contributed by atoms with Crippen LogP contribution >= 0.6 is 0 Å². The highest BCUT2D eigenvalue weighted by molar-refractivity contribution is 5.94. The number of benzene rings is 2. The van der Waals surface area contributed by atoms with Crippen LogP contribution in [0.2, 0.25) is 0 Å². The molecule has 0 fully saturated rings. The van der Waals surface area contributed by atoms with E-state index >= 15 is 0 Å². The molecule has 1 amide bonds. The third-order valence-electron chi connectivity index (χ3n) is 5.03. The molecule has 2 heterocycles. The van der Waals surface area contributed by atoms with E-state index in [1.165, 1.54) is 5.56 Å². The minimum absolute atomic E-state index is 0.0677. The number of nitrogens with zero attached hydrogens (tertiary/aromatic N) is 2. The van der Waals surface area contributed by atoms with E-state index in [-0.39, 0.29) is 12.5 Å². The number of pyridine rings is 1. The number of carbonyl (C=O) groups is 1. The number of carbonyl (C=O) groups excluding carboxylic acids is 1. The molecule has 4 rings (SSSR count). The number of oxazole rings is 1. The van der Waals surface area contributed by atoms with Gasteiger partial charge in [0.25, 0.3) is 5.91 Å². The number of rotatable bonds is 7. The standard InChI is InChI=1S/C24H23N3O3/c1-3-16(2)17-4-7-20(8-5-17)29-15-23(28)26-19-6-9-22-21(14-19)27-24(30-22)18-10-12-25-13-11-18/h4-14,16H,3,15H2,1-2H3,(H,26,28)/t16-/m0/s1. The fourth-order valence-electron chi connectivity index (χ4n) is 3.10. The fraction of sp³-hybridized carbons (Fsp3) is 0.208. The van der Waals surface area contributed by atoms with Gasteiger partial charge in [-0.05, 0) is 60.4 Å². The third-order valence-corrected chi connectivity index (χ3v) is 5.03. The van der Waals surface area contributed by atoms with Crippen LogP contribution in [0.5, 0.6) is 5.75 Å². The van der Waals surface area contributed by atoms with E-state index in [0.717, 1.165) is 12.0 Å². The summed E-state index contributed by atoms with van der Waals surface area (Å²) in [5, 5.41) is 2.84. The molecule has 1 atom stereocenters. The van der Waals surface area contributed by atoms with Crippen molar-refractivity contribution in [2.24, 2.45) is 0 Å². The lowest BCUT2D eigenvalue weighted by Crippen LogP contribution is -2.20. The maximum Gasteiger partial charge on any atom is 0.262 e. The minimum Gasteiger partial charge on any atom is -0.484 e. The molecule has 0 radical (unpaired) electrons. The molecule has 2 aromatic heterocycles. The third kappa shape index (κ3) is 4.49. The predicted molar refractivity (Wildman–Crippen MR) is 117 cm³/mol. The van der Waals surface area contributed by atoms with Gasteiger partial charge in [0.1, 0.15) is 11.3 Å². The topological polar surface area (TPSA) is 77.2 Å². The largest absolute Gasteiger partial charge is 0.484 e. The van der Waals surface area contributed by atoms with Gasteiger partial charge in [-0.2, -0.15) is 0 Å². The minimum atomic E-state index is -0.238. The second-order valence-electron chi connectivity index (χ2n) is 7.15. The number of fused-ring (bicyclic) bond motifs is 1. The number of amides is 1. The average molecular weight is 401 g/mol. The highest BCUT2D eigenvalue weighted by Crippen LogP contribution is 2.26. The van der Waals surface area contributed by atoms with Gasteiger partial charge in [-0.15, -0.1) is 0 Å². The van der Waals surface area contributed by atoms with E-state index in [1.54, 1.807) is 30.6 Å². The van der Waals surface area contributed by atoms with Crippen LogP contribution in [0.25, 0.3) is 22.6 Å². The van der Waals surface area contributed by atoms with E-state index < -0.39 is 0 Å². The smallest absolute Gasteiger partial charge is 0.262 e. The normalized spacial score (nSPS) is 11.9. The van der Waals surface area contributed by atoms with Crippen LogP contribution in [-0.4, -0.2) is 22.5 Å². The Hall–Kier alpha value is -3.67. The summed E-state index contributed by atoms with van der Waals surface area (Å²) in [4.78, 5) is 20.8. The van der Waals surface area contributed by atoms with Gasteiger partial charge in [-0.3, -0.25) is 9.78 Å². The van der Waals surface area contributed by atoms with Gasteiger partial charge in [0, 0.05) is 23.6 Å². The van der Waals surface area contributed by atoms with Crippen molar-refractivity contribution >= 4 is 22.7 Å². The number of hydrogen-bond acceptors (Lipinski definition) is 5. The monoisotopic (exact) mass is 401 g/mol. The Balaban J connectivity index is 1.38. The second kappa shape index (κ2) is 8.78. The molecular weight excluding hydrogens is 378 g/mol. The molecule has 0 aliphatic carbocycles. The van der Waals surface area contributed by atoms with Crippen LogP contribution in [0.3, 0.4) is 0 Å². The maximum absolute atomic E-state index is 12.3. The molecule has 2 aromatic carbocycles. The fourth-order valence-corrected chi connectivity index (χ4v) is 3.10. The molecule has 152 valence electrons. The lowest BCUT2D eigenvalue weighted by Gasteiger charge is -2.11. The molecule has 0 bridgehead atoms. The molecule has 0 aliphatic rings. The van der Waals surface area contributed by atoms with Gasteiger partial charge in [-0.1, -0.05) is 26.0 Å². The lowest BCUT2D eigenvalue weighted by molar-refractivity contribution is -0.118. The van der Waals surface area contributed by atoms with Crippen molar-refractivity contribution < 1.29 is 13.9 Å². The highest BCUT2D eigenvalue weighted by Gasteiger charge is 2.10. The van der Waals surface area contributed by atoms with E-state index in [1.807, 2.05) is 36.4 Å². The van der Waals surface area contributed by atoms with Crippen LogP contribution in [-0.2, 0) is 4.79 Å². The number of nitrogens with one attached hydrogen (secondary N) is 1. The molecule has 30 heavy (non-hydrogen) atoms. The van der Waals surface area contributed by atoms with Crippen LogP contribution in [0.1, 0.15) is 31.7 Å². The molecular formula is C24H23N3O3. The van der Waals surface area contributed by atoms with Crippen LogP contribution in [0, 0.1) is 0 Å². The summed E-state index contributed by atoms with van der Waals surface area (Å²) in [6, 6.07) is 16.9.